The molecule has 142 valence electrons. The Balaban J connectivity index is 1.56. The van der Waals surface area contributed by atoms with Crippen LogP contribution in [0.25, 0.3) is 16.2 Å². The van der Waals surface area contributed by atoms with Crippen molar-refractivity contribution in [3.63, 3.8) is 0 Å². The average Bonchev–Trinajstić information content (AvgIpc) is 3.39. The number of fused-ring (bicyclic) bond motifs is 1. The number of hydrogen-bond acceptors (Lipinski definition) is 7. The zero-order chi connectivity index (χ0) is 19.7. The predicted octanol–water partition coefficient (Wildman–Crippen LogP) is 4.26. The molecule has 0 saturated heterocycles. The van der Waals surface area contributed by atoms with E-state index in [9.17, 15) is 9.59 Å². The van der Waals surface area contributed by atoms with Crippen LogP contribution in [0.4, 0.5) is 5.13 Å². The van der Waals surface area contributed by atoms with Crippen molar-refractivity contribution < 1.29 is 14.3 Å². The van der Waals surface area contributed by atoms with E-state index in [1.54, 1.807) is 12.3 Å². The van der Waals surface area contributed by atoms with Crippen LogP contribution in [-0.4, -0.2) is 32.9 Å². The maximum absolute atomic E-state index is 12.7. The summed E-state index contributed by atoms with van der Waals surface area (Å²) in [7, 11) is 0. The molecule has 28 heavy (non-hydrogen) atoms. The summed E-state index contributed by atoms with van der Waals surface area (Å²) >= 11 is 2.49. The predicted molar refractivity (Wildman–Crippen MR) is 109 cm³/mol. The number of carbonyl (C=O) groups excluding carboxylic acids is 2. The number of anilines is 1. The van der Waals surface area contributed by atoms with E-state index >= 15 is 0 Å². The molecule has 3 heterocycles. The first kappa shape index (κ1) is 18.3. The average molecular weight is 412 g/mol. The Bertz CT molecular complexity index is 1160. The summed E-state index contributed by atoms with van der Waals surface area (Å²) in [6, 6.07) is 9.89. The number of hydrogen-bond donors (Lipinski definition) is 1. The first-order valence-corrected chi connectivity index (χ1v) is 10.2. The molecule has 4 aromatic rings. The van der Waals surface area contributed by atoms with E-state index in [2.05, 4.69) is 15.3 Å². The zero-order valence-electron chi connectivity index (χ0n) is 15.1. The van der Waals surface area contributed by atoms with E-state index in [4.69, 9.17) is 4.74 Å². The molecule has 1 aromatic carbocycles. The number of thiazole rings is 2. The highest BCUT2D eigenvalue weighted by atomic mass is 32.1. The molecule has 0 fully saturated rings. The minimum Gasteiger partial charge on any atom is -0.461 e. The van der Waals surface area contributed by atoms with Gasteiger partial charge in [-0.15, -0.1) is 11.3 Å². The number of nitrogens with one attached hydrogen (secondary N) is 1. The second kappa shape index (κ2) is 7.53. The number of benzene rings is 1. The van der Waals surface area contributed by atoms with Crippen molar-refractivity contribution in [2.45, 2.75) is 13.8 Å². The Kier molecular flexibility index (Phi) is 4.93. The van der Waals surface area contributed by atoms with Gasteiger partial charge >= 0.3 is 5.97 Å². The van der Waals surface area contributed by atoms with E-state index in [0.717, 1.165) is 21.9 Å². The molecule has 1 amide bonds. The van der Waals surface area contributed by atoms with Crippen molar-refractivity contribution in [3.05, 3.63) is 58.2 Å². The molecule has 7 nitrogen and oxygen atoms in total. The second-order valence-corrected chi connectivity index (χ2v) is 7.71. The fourth-order valence-electron chi connectivity index (χ4n) is 2.69. The van der Waals surface area contributed by atoms with Gasteiger partial charge in [-0.3, -0.25) is 14.5 Å². The Morgan fingerprint density at radius 1 is 1.21 bits per heavy atom. The molecule has 4 rings (SSSR count). The Labute approximate surface area is 168 Å². The van der Waals surface area contributed by atoms with E-state index in [0.29, 0.717) is 10.0 Å². The molecule has 9 heteroatoms. The molecule has 0 saturated carbocycles. The van der Waals surface area contributed by atoms with E-state index in [-0.39, 0.29) is 18.2 Å². The van der Waals surface area contributed by atoms with Gasteiger partial charge in [-0.2, -0.15) is 0 Å². The van der Waals surface area contributed by atoms with Crippen molar-refractivity contribution in [1.29, 1.82) is 0 Å². The summed E-state index contributed by atoms with van der Waals surface area (Å²) in [4.78, 5) is 34.4. The number of imidazole rings is 1. The molecule has 0 aliphatic heterocycles. The fourth-order valence-corrected chi connectivity index (χ4v) is 4.37. The monoisotopic (exact) mass is 412 g/mol. The molecule has 0 aliphatic carbocycles. The van der Waals surface area contributed by atoms with Gasteiger partial charge in [-0.1, -0.05) is 41.7 Å². The van der Waals surface area contributed by atoms with E-state index in [1.807, 2.05) is 47.9 Å². The largest absolute Gasteiger partial charge is 0.461 e. The van der Waals surface area contributed by atoms with Gasteiger partial charge in [0.25, 0.3) is 5.91 Å². The molecule has 0 unspecified atom stereocenters. The number of carbonyl (C=O) groups is 2. The van der Waals surface area contributed by atoms with Crippen molar-refractivity contribution in [3.8, 4) is 11.3 Å². The quantitative estimate of drug-likeness (QED) is 0.495. The van der Waals surface area contributed by atoms with Crippen LogP contribution in [-0.2, 0) is 4.74 Å². The zero-order valence-corrected chi connectivity index (χ0v) is 16.8. The Morgan fingerprint density at radius 3 is 2.71 bits per heavy atom. The van der Waals surface area contributed by atoms with Crippen molar-refractivity contribution in [2.75, 3.05) is 11.9 Å². The molecule has 1 N–H and O–H groups in total. The third-order valence-electron chi connectivity index (χ3n) is 4.04. The lowest BCUT2D eigenvalue weighted by Gasteiger charge is -2.00. The fraction of sp³-hybridized carbons (Fsp3) is 0.158. The van der Waals surface area contributed by atoms with Gasteiger partial charge in [0.2, 0.25) is 0 Å². The first-order valence-electron chi connectivity index (χ1n) is 8.54. The van der Waals surface area contributed by atoms with Crippen LogP contribution < -0.4 is 5.32 Å². The molecule has 0 atom stereocenters. The van der Waals surface area contributed by atoms with Crippen molar-refractivity contribution >= 4 is 44.6 Å². The number of amides is 1. The summed E-state index contributed by atoms with van der Waals surface area (Å²) < 4.78 is 6.82. The van der Waals surface area contributed by atoms with Crippen LogP contribution in [0, 0.1) is 6.92 Å². The van der Waals surface area contributed by atoms with Crippen LogP contribution in [0.15, 0.2) is 41.9 Å². The number of rotatable bonds is 5. The molecular weight excluding hydrogens is 396 g/mol. The molecule has 0 radical (unpaired) electrons. The summed E-state index contributed by atoms with van der Waals surface area (Å²) in [6.07, 6.45) is 1.93. The van der Waals surface area contributed by atoms with Crippen LogP contribution >= 0.6 is 22.7 Å². The minimum absolute atomic E-state index is 0.187. The van der Waals surface area contributed by atoms with Crippen molar-refractivity contribution in [1.82, 2.24) is 14.4 Å². The lowest BCUT2D eigenvalue weighted by atomic mass is 10.2. The maximum atomic E-state index is 12.7. The van der Waals surface area contributed by atoms with Crippen LogP contribution in [0.1, 0.15) is 32.8 Å². The number of aryl methyl sites for hydroxylation is 1. The summed E-state index contributed by atoms with van der Waals surface area (Å²) in [5, 5.41) is 4.66. The molecule has 0 bridgehead atoms. The van der Waals surface area contributed by atoms with Gasteiger partial charge in [0.1, 0.15) is 4.88 Å². The normalized spacial score (nSPS) is 10.9. The van der Waals surface area contributed by atoms with Gasteiger partial charge in [-0.25, -0.2) is 14.8 Å². The number of nitrogens with zero attached hydrogens (tertiary/aromatic N) is 3. The highest BCUT2D eigenvalue weighted by Crippen LogP contribution is 2.28. The topological polar surface area (TPSA) is 85.6 Å². The molecule has 0 aliphatic rings. The standard InChI is InChI=1S/C19H16N4O3S2/c1-3-26-17(25)14-10-27-18(20-14)22-16(24)15-11(2)23-9-13(21-19(23)28-15)12-7-5-4-6-8-12/h4-10H,3H2,1-2H3,(H,20,22,24). The summed E-state index contributed by atoms with van der Waals surface area (Å²) in [6.45, 7) is 3.88. The molecular formula is C19H16N4O3S2. The Morgan fingerprint density at radius 2 is 2.00 bits per heavy atom. The maximum Gasteiger partial charge on any atom is 0.357 e. The number of esters is 1. The third kappa shape index (κ3) is 3.41. The van der Waals surface area contributed by atoms with Gasteiger partial charge in [0.05, 0.1) is 12.3 Å². The van der Waals surface area contributed by atoms with E-state index < -0.39 is 5.97 Å². The van der Waals surface area contributed by atoms with Gasteiger partial charge < -0.3 is 4.74 Å². The lowest BCUT2D eigenvalue weighted by Crippen LogP contribution is -2.12. The highest BCUT2D eigenvalue weighted by molar-refractivity contribution is 7.19. The summed E-state index contributed by atoms with van der Waals surface area (Å²) in [5.41, 5.74) is 2.88. The van der Waals surface area contributed by atoms with Crippen LogP contribution in [0.2, 0.25) is 0 Å². The molecule has 0 spiro atoms. The van der Waals surface area contributed by atoms with Gasteiger partial charge in [0.15, 0.2) is 15.8 Å². The Hall–Kier alpha value is -3.04. The third-order valence-corrected chi connectivity index (χ3v) is 5.96. The first-order chi connectivity index (χ1) is 13.6. The lowest BCUT2D eigenvalue weighted by molar-refractivity contribution is 0.0520. The number of aromatic nitrogens is 3. The highest BCUT2D eigenvalue weighted by Gasteiger charge is 2.20. The van der Waals surface area contributed by atoms with E-state index in [1.165, 1.54) is 22.7 Å². The number of ether oxygens (including phenoxy) is 1. The van der Waals surface area contributed by atoms with Gasteiger partial charge in [0, 0.05) is 22.8 Å². The van der Waals surface area contributed by atoms with Crippen LogP contribution in [0.5, 0.6) is 0 Å². The minimum atomic E-state index is -0.501. The van der Waals surface area contributed by atoms with Crippen LogP contribution in [0.3, 0.4) is 0 Å². The molecule has 3 aromatic heterocycles. The smallest absolute Gasteiger partial charge is 0.357 e. The summed E-state index contributed by atoms with van der Waals surface area (Å²) in [5.74, 6) is -0.780. The van der Waals surface area contributed by atoms with Gasteiger partial charge in [-0.05, 0) is 13.8 Å². The SMILES string of the molecule is CCOC(=O)c1csc(NC(=O)c2sc3nc(-c4ccccc4)cn3c2C)n1. The second-order valence-electron chi connectivity index (χ2n) is 5.87. The van der Waals surface area contributed by atoms with Crippen molar-refractivity contribution in [2.24, 2.45) is 0 Å².